The summed E-state index contributed by atoms with van der Waals surface area (Å²) >= 11 is 0. The molecule has 3 nitrogen and oxygen atoms in total. The van der Waals surface area contributed by atoms with Gasteiger partial charge in [-0.05, 0) is 43.7 Å². The third-order valence-corrected chi connectivity index (χ3v) is 3.66. The number of nitrogens with zero attached hydrogens (tertiary/aromatic N) is 1. The van der Waals surface area contributed by atoms with E-state index in [0.29, 0.717) is 12.1 Å². The first-order chi connectivity index (χ1) is 9.93. The zero-order valence-corrected chi connectivity index (χ0v) is 11.9. The fraction of sp³-hybridized carbons (Fsp3) is 0.533. The molecular formula is C15H19F3N2O. The lowest BCUT2D eigenvalue weighted by atomic mass is 10.1. The van der Waals surface area contributed by atoms with Crippen LogP contribution < -0.4 is 5.32 Å². The first-order valence-corrected chi connectivity index (χ1v) is 7.12. The molecule has 1 saturated heterocycles. The van der Waals surface area contributed by atoms with Crippen molar-refractivity contribution < 1.29 is 18.0 Å². The predicted octanol–water partition coefficient (Wildman–Crippen LogP) is 2.92. The molecule has 0 bridgehead atoms. The van der Waals surface area contributed by atoms with Gasteiger partial charge in [-0.15, -0.1) is 0 Å². The van der Waals surface area contributed by atoms with Gasteiger partial charge in [0.25, 0.3) is 5.91 Å². The average Bonchev–Trinajstić information content (AvgIpc) is 2.97. The van der Waals surface area contributed by atoms with E-state index in [0.717, 1.165) is 38.1 Å². The highest BCUT2D eigenvalue weighted by Gasteiger charge is 2.31. The van der Waals surface area contributed by atoms with Crippen LogP contribution in [-0.4, -0.2) is 36.5 Å². The molecule has 0 spiro atoms. The monoisotopic (exact) mass is 300 g/mol. The largest absolute Gasteiger partial charge is 0.416 e. The number of benzene rings is 1. The first kappa shape index (κ1) is 15.8. The van der Waals surface area contributed by atoms with Crippen LogP contribution in [0.2, 0.25) is 0 Å². The van der Waals surface area contributed by atoms with Crippen LogP contribution in [0.4, 0.5) is 13.2 Å². The van der Waals surface area contributed by atoms with Crippen molar-refractivity contribution in [2.75, 3.05) is 19.6 Å². The number of nitrogens with one attached hydrogen (secondary N) is 1. The van der Waals surface area contributed by atoms with Gasteiger partial charge in [-0.2, -0.15) is 13.2 Å². The molecule has 0 aliphatic carbocycles. The topological polar surface area (TPSA) is 32.3 Å². The summed E-state index contributed by atoms with van der Waals surface area (Å²) in [6, 6.07) is 4.57. The quantitative estimate of drug-likeness (QED) is 0.927. The Hall–Kier alpha value is -1.56. The Morgan fingerprint density at radius 2 is 2.00 bits per heavy atom. The van der Waals surface area contributed by atoms with E-state index in [1.807, 2.05) is 6.92 Å². The summed E-state index contributed by atoms with van der Waals surface area (Å²) < 4.78 is 37.6. The van der Waals surface area contributed by atoms with E-state index in [4.69, 9.17) is 0 Å². The van der Waals surface area contributed by atoms with Crippen molar-refractivity contribution in [2.24, 2.45) is 0 Å². The third-order valence-electron chi connectivity index (χ3n) is 3.66. The maximum Gasteiger partial charge on any atom is 0.416 e. The lowest BCUT2D eigenvalue weighted by molar-refractivity contribution is -0.137. The van der Waals surface area contributed by atoms with Gasteiger partial charge >= 0.3 is 6.18 Å². The zero-order valence-electron chi connectivity index (χ0n) is 11.9. The van der Waals surface area contributed by atoms with Crippen molar-refractivity contribution in [1.82, 2.24) is 10.2 Å². The van der Waals surface area contributed by atoms with E-state index in [-0.39, 0.29) is 11.9 Å². The lowest BCUT2D eigenvalue weighted by Crippen LogP contribution is -2.42. The van der Waals surface area contributed by atoms with Crippen LogP contribution in [0.25, 0.3) is 0 Å². The lowest BCUT2D eigenvalue weighted by Gasteiger charge is -2.28. The fourth-order valence-corrected chi connectivity index (χ4v) is 2.56. The Morgan fingerprint density at radius 3 is 2.48 bits per heavy atom. The highest BCUT2D eigenvalue weighted by atomic mass is 19.4. The van der Waals surface area contributed by atoms with Gasteiger partial charge in [0.1, 0.15) is 0 Å². The summed E-state index contributed by atoms with van der Waals surface area (Å²) in [7, 11) is 0. The first-order valence-electron chi connectivity index (χ1n) is 7.12. The van der Waals surface area contributed by atoms with Gasteiger partial charge in [-0.25, -0.2) is 0 Å². The number of halogens is 3. The van der Waals surface area contributed by atoms with Gasteiger partial charge in [-0.3, -0.25) is 4.79 Å². The van der Waals surface area contributed by atoms with Crippen LogP contribution in [0.5, 0.6) is 0 Å². The molecule has 2 rings (SSSR count). The molecular weight excluding hydrogens is 281 g/mol. The smallest absolute Gasteiger partial charge is 0.334 e. The molecule has 1 aromatic rings. The predicted molar refractivity (Wildman–Crippen MR) is 74.0 cm³/mol. The summed E-state index contributed by atoms with van der Waals surface area (Å²) in [6.45, 7) is 4.21. The van der Waals surface area contributed by atoms with Crippen LogP contribution in [-0.2, 0) is 6.18 Å². The Balaban J connectivity index is 2.16. The van der Waals surface area contributed by atoms with Crippen molar-refractivity contribution in [2.45, 2.75) is 32.0 Å². The van der Waals surface area contributed by atoms with Gasteiger partial charge in [-0.1, -0.05) is 6.92 Å². The number of hydrogen-bond donors (Lipinski definition) is 1. The molecule has 1 amide bonds. The second kappa shape index (κ2) is 6.47. The van der Waals surface area contributed by atoms with Crippen LogP contribution in [0.15, 0.2) is 24.3 Å². The molecule has 1 atom stereocenters. The third kappa shape index (κ3) is 3.75. The molecule has 1 aliphatic rings. The SMILES string of the molecule is CCCN(C(=O)c1ccc(C(F)(F)F)cc1)C1CCNC1. The number of carbonyl (C=O) groups excluding carboxylic acids is 1. The number of amides is 1. The minimum atomic E-state index is -4.37. The van der Waals surface area contributed by atoms with E-state index < -0.39 is 11.7 Å². The second-order valence-corrected chi connectivity index (χ2v) is 5.22. The Kier molecular flexibility index (Phi) is 4.88. The molecule has 1 unspecified atom stereocenters. The Bertz CT molecular complexity index is 479. The van der Waals surface area contributed by atoms with Crippen LogP contribution in [0.3, 0.4) is 0 Å². The summed E-state index contributed by atoms with van der Waals surface area (Å²) in [5.41, 5.74) is -0.424. The molecule has 1 aliphatic heterocycles. The van der Waals surface area contributed by atoms with E-state index in [1.165, 1.54) is 12.1 Å². The van der Waals surface area contributed by atoms with Crippen molar-refractivity contribution in [3.05, 3.63) is 35.4 Å². The van der Waals surface area contributed by atoms with Crippen molar-refractivity contribution in [3.63, 3.8) is 0 Å². The standard InChI is InChI=1S/C15H19F3N2O/c1-2-9-20(13-7-8-19-10-13)14(21)11-3-5-12(6-4-11)15(16,17)18/h3-6,13,19H,2,7-10H2,1H3. The number of alkyl halides is 3. The molecule has 116 valence electrons. The van der Waals surface area contributed by atoms with E-state index in [2.05, 4.69) is 5.32 Å². The van der Waals surface area contributed by atoms with E-state index in [1.54, 1.807) is 4.90 Å². The summed E-state index contributed by atoms with van der Waals surface area (Å²) in [4.78, 5) is 14.3. The highest BCUT2D eigenvalue weighted by molar-refractivity contribution is 5.94. The molecule has 1 N–H and O–H groups in total. The minimum absolute atomic E-state index is 0.125. The molecule has 1 aromatic carbocycles. The number of carbonyl (C=O) groups is 1. The summed E-state index contributed by atoms with van der Waals surface area (Å²) in [6.07, 6.45) is -2.67. The van der Waals surface area contributed by atoms with Crippen LogP contribution in [0, 0.1) is 0 Å². The molecule has 1 heterocycles. The normalized spacial score (nSPS) is 18.8. The van der Waals surface area contributed by atoms with Crippen LogP contribution in [0.1, 0.15) is 35.7 Å². The van der Waals surface area contributed by atoms with Crippen LogP contribution >= 0.6 is 0 Å². The fourth-order valence-electron chi connectivity index (χ4n) is 2.56. The molecule has 1 fully saturated rings. The molecule has 0 aromatic heterocycles. The molecule has 0 saturated carbocycles. The second-order valence-electron chi connectivity index (χ2n) is 5.22. The zero-order chi connectivity index (χ0) is 15.5. The maximum absolute atomic E-state index is 12.5. The Labute approximate surface area is 122 Å². The van der Waals surface area contributed by atoms with E-state index in [9.17, 15) is 18.0 Å². The Morgan fingerprint density at radius 1 is 1.33 bits per heavy atom. The van der Waals surface area contributed by atoms with Gasteiger partial charge in [0.05, 0.1) is 5.56 Å². The summed E-state index contributed by atoms with van der Waals surface area (Å²) in [5.74, 6) is -0.195. The average molecular weight is 300 g/mol. The van der Waals surface area contributed by atoms with E-state index >= 15 is 0 Å². The van der Waals surface area contributed by atoms with Crippen molar-refractivity contribution >= 4 is 5.91 Å². The minimum Gasteiger partial charge on any atom is -0.334 e. The molecule has 0 radical (unpaired) electrons. The van der Waals surface area contributed by atoms with Gasteiger partial charge in [0.2, 0.25) is 0 Å². The van der Waals surface area contributed by atoms with Crippen molar-refractivity contribution in [3.8, 4) is 0 Å². The molecule has 6 heteroatoms. The number of rotatable bonds is 4. The number of hydrogen-bond acceptors (Lipinski definition) is 2. The molecule has 21 heavy (non-hydrogen) atoms. The maximum atomic E-state index is 12.5. The van der Waals surface area contributed by atoms with Gasteiger partial charge < -0.3 is 10.2 Å². The van der Waals surface area contributed by atoms with Gasteiger partial charge in [0.15, 0.2) is 0 Å². The summed E-state index contributed by atoms with van der Waals surface area (Å²) in [5, 5.41) is 3.20. The highest BCUT2D eigenvalue weighted by Crippen LogP contribution is 2.29. The van der Waals surface area contributed by atoms with Crippen molar-refractivity contribution in [1.29, 1.82) is 0 Å². The van der Waals surface area contributed by atoms with Gasteiger partial charge in [0, 0.05) is 24.7 Å².